The third kappa shape index (κ3) is 7.72. The summed E-state index contributed by atoms with van der Waals surface area (Å²) in [6.07, 6.45) is 0.191. The molecule has 0 aliphatic carbocycles. The molecule has 0 aliphatic heterocycles. The van der Waals surface area contributed by atoms with Gasteiger partial charge in [0.15, 0.2) is 0 Å². The zero-order valence-corrected chi connectivity index (χ0v) is 6.36. The van der Waals surface area contributed by atoms with Gasteiger partial charge in [-0.15, -0.1) is 12.4 Å². The van der Waals surface area contributed by atoms with Gasteiger partial charge in [-0.3, -0.25) is 4.79 Å². The average molecular weight is 154 g/mol. The van der Waals surface area contributed by atoms with Gasteiger partial charge in [0.05, 0.1) is 6.42 Å². The number of rotatable bonds is 3. The minimum absolute atomic E-state index is 0. The zero-order valence-electron chi connectivity index (χ0n) is 5.55. The number of aliphatic carboxylic acids is 1. The summed E-state index contributed by atoms with van der Waals surface area (Å²) in [5.41, 5.74) is 0. The minimum Gasteiger partial charge on any atom is -0.481 e. The molecule has 0 amide bonds. The molecule has 1 unspecified atom stereocenters. The van der Waals surface area contributed by atoms with Crippen LogP contribution in [0.1, 0.15) is 13.3 Å². The fraction of sp³-hybridized carbons (Fsp3) is 0.800. The van der Waals surface area contributed by atoms with Crippen molar-refractivity contribution in [1.82, 2.24) is 5.32 Å². The van der Waals surface area contributed by atoms with Gasteiger partial charge < -0.3 is 10.4 Å². The molecule has 0 aliphatic rings. The lowest BCUT2D eigenvalue weighted by molar-refractivity contribution is -0.137. The van der Waals surface area contributed by atoms with Gasteiger partial charge in [0.1, 0.15) is 0 Å². The maximum Gasteiger partial charge on any atom is 0.304 e. The van der Waals surface area contributed by atoms with Gasteiger partial charge in [0.2, 0.25) is 0 Å². The van der Waals surface area contributed by atoms with Gasteiger partial charge in [0, 0.05) is 6.04 Å². The largest absolute Gasteiger partial charge is 0.481 e. The van der Waals surface area contributed by atoms with Gasteiger partial charge in [-0.2, -0.15) is 0 Å². The van der Waals surface area contributed by atoms with E-state index in [1.54, 1.807) is 7.05 Å². The van der Waals surface area contributed by atoms with E-state index in [4.69, 9.17) is 5.11 Å². The molecule has 0 aromatic carbocycles. The molecule has 0 aromatic heterocycles. The van der Waals surface area contributed by atoms with Crippen molar-refractivity contribution >= 4 is 18.4 Å². The van der Waals surface area contributed by atoms with Crippen LogP contribution in [0.5, 0.6) is 0 Å². The molecule has 0 bridgehead atoms. The average Bonchev–Trinajstić information content (AvgIpc) is 1.65. The van der Waals surface area contributed by atoms with Crippen molar-refractivity contribution < 1.29 is 9.90 Å². The Kier molecular flexibility index (Phi) is 7.48. The number of hydrogen-bond acceptors (Lipinski definition) is 2. The first kappa shape index (κ1) is 11.5. The van der Waals surface area contributed by atoms with Crippen LogP contribution in [0.2, 0.25) is 0 Å². The third-order valence-corrected chi connectivity index (χ3v) is 0.974. The summed E-state index contributed by atoms with van der Waals surface area (Å²) >= 11 is 0. The molecule has 0 rings (SSSR count). The van der Waals surface area contributed by atoms with Crippen molar-refractivity contribution in [3.8, 4) is 0 Å². The summed E-state index contributed by atoms with van der Waals surface area (Å²) in [5.74, 6) is -0.758. The highest BCUT2D eigenvalue weighted by atomic mass is 35.5. The zero-order chi connectivity index (χ0) is 6.57. The molecule has 0 radical (unpaired) electrons. The molecule has 0 spiro atoms. The van der Waals surface area contributed by atoms with Crippen LogP contribution >= 0.6 is 12.4 Å². The maximum atomic E-state index is 9.93. The maximum absolute atomic E-state index is 9.93. The number of carboxylic acid groups (broad SMARTS) is 1. The molecule has 9 heavy (non-hydrogen) atoms. The summed E-state index contributed by atoms with van der Waals surface area (Å²) in [6, 6.07) is 0.0764. The standard InChI is InChI=1S/C5H11NO2.ClH/c1-4(6-2)3-5(7)8;/h4,6H,3H2,1-2H3,(H,7,8);1H. The number of carboxylic acids is 1. The van der Waals surface area contributed by atoms with Crippen molar-refractivity contribution in [2.45, 2.75) is 19.4 Å². The lowest BCUT2D eigenvalue weighted by Gasteiger charge is -2.03. The molecule has 0 saturated heterocycles. The van der Waals surface area contributed by atoms with E-state index in [2.05, 4.69) is 5.32 Å². The van der Waals surface area contributed by atoms with E-state index < -0.39 is 5.97 Å². The highest BCUT2D eigenvalue weighted by Gasteiger charge is 2.02. The fourth-order valence-electron chi connectivity index (χ4n) is 0.364. The van der Waals surface area contributed by atoms with Crippen LogP contribution in [0.4, 0.5) is 0 Å². The Labute approximate surface area is 60.9 Å². The van der Waals surface area contributed by atoms with Gasteiger partial charge in [0.25, 0.3) is 0 Å². The summed E-state index contributed by atoms with van der Waals surface area (Å²) in [4.78, 5) is 9.93. The number of hydrogen-bond donors (Lipinski definition) is 2. The van der Waals surface area contributed by atoms with E-state index in [0.29, 0.717) is 0 Å². The van der Waals surface area contributed by atoms with Crippen LogP contribution in [0, 0.1) is 0 Å². The van der Waals surface area contributed by atoms with Crippen molar-refractivity contribution in [1.29, 1.82) is 0 Å². The van der Waals surface area contributed by atoms with Crippen molar-refractivity contribution in [2.75, 3.05) is 7.05 Å². The normalized spacial score (nSPS) is 11.8. The lowest BCUT2D eigenvalue weighted by Crippen LogP contribution is -2.24. The van der Waals surface area contributed by atoms with Crippen LogP contribution < -0.4 is 5.32 Å². The van der Waals surface area contributed by atoms with Crippen molar-refractivity contribution in [3.63, 3.8) is 0 Å². The highest BCUT2D eigenvalue weighted by Crippen LogP contribution is 1.86. The van der Waals surface area contributed by atoms with E-state index in [1.165, 1.54) is 0 Å². The Morgan fingerprint density at radius 2 is 2.22 bits per heavy atom. The van der Waals surface area contributed by atoms with Gasteiger partial charge in [-0.25, -0.2) is 0 Å². The van der Waals surface area contributed by atoms with E-state index >= 15 is 0 Å². The highest BCUT2D eigenvalue weighted by molar-refractivity contribution is 5.85. The molecule has 2 N–H and O–H groups in total. The van der Waals surface area contributed by atoms with Gasteiger partial charge >= 0.3 is 5.97 Å². The van der Waals surface area contributed by atoms with Crippen LogP contribution in [0.15, 0.2) is 0 Å². The van der Waals surface area contributed by atoms with Crippen LogP contribution in [-0.2, 0) is 4.79 Å². The topological polar surface area (TPSA) is 49.3 Å². The molecule has 0 aromatic rings. The summed E-state index contributed by atoms with van der Waals surface area (Å²) in [7, 11) is 1.74. The first-order valence-corrected chi connectivity index (χ1v) is 2.56. The van der Waals surface area contributed by atoms with Gasteiger partial charge in [-0.1, -0.05) is 0 Å². The van der Waals surface area contributed by atoms with E-state index in [1.807, 2.05) is 6.92 Å². The van der Waals surface area contributed by atoms with Crippen LogP contribution in [0.3, 0.4) is 0 Å². The SMILES string of the molecule is CNC(C)CC(=O)O.Cl. The molecule has 3 nitrogen and oxygen atoms in total. The summed E-state index contributed by atoms with van der Waals surface area (Å²) < 4.78 is 0. The lowest BCUT2D eigenvalue weighted by atomic mass is 10.2. The fourth-order valence-corrected chi connectivity index (χ4v) is 0.364. The molecule has 0 saturated carbocycles. The Hall–Kier alpha value is -0.280. The number of halogens is 1. The Morgan fingerprint density at radius 1 is 1.78 bits per heavy atom. The Bertz CT molecular complexity index is 87.0. The molecule has 56 valence electrons. The predicted molar refractivity (Wildman–Crippen MR) is 38.0 cm³/mol. The molecule has 0 fully saturated rings. The number of carbonyl (C=O) groups is 1. The second kappa shape index (κ2) is 5.85. The van der Waals surface area contributed by atoms with E-state index in [-0.39, 0.29) is 24.9 Å². The second-order valence-corrected chi connectivity index (χ2v) is 1.79. The van der Waals surface area contributed by atoms with Crippen molar-refractivity contribution in [3.05, 3.63) is 0 Å². The monoisotopic (exact) mass is 153 g/mol. The molecule has 4 heteroatoms. The Morgan fingerprint density at radius 3 is 2.33 bits per heavy atom. The summed E-state index contributed by atoms with van der Waals surface area (Å²) in [6.45, 7) is 1.83. The van der Waals surface area contributed by atoms with Gasteiger partial charge in [-0.05, 0) is 14.0 Å². The first-order valence-electron chi connectivity index (χ1n) is 2.56. The first-order chi connectivity index (χ1) is 3.66. The smallest absolute Gasteiger partial charge is 0.304 e. The van der Waals surface area contributed by atoms with Crippen LogP contribution in [0.25, 0.3) is 0 Å². The molecule has 0 heterocycles. The second-order valence-electron chi connectivity index (χ2n) is 1.79. The van der Waals surface area contributed by atoms with E-state index in [0.717, 1.165) is 0 Å². The molecular weight excluding hydrogens is 142 g/mol. The number of nitrogens with one attached hydrogen (secondary N) is 1. The van der Waals surface area contributed by atoms with Crippen LogP contribution in [-0.4, -0.2) is 24.2 Å². The quantitative estimate of drug-likeness (QED) is 0.621. The summed E-state index contributed by atoms with van der Waals surface area (Å²) in [5, 5.41) is 11.0. The third-order valence-electron chi connectivity index (χ3n) is 0.974. The molecule has 1 atom stereocenters. The van der Waals surface area contributed by atoms with E-state index in [9.17, 15) is 4.79 Å². The minimum atomic E-state index is -0.758. The Balaban J connectivity index is 0. The molecular formula is C5H12ClNO2. The predicted octanol–water partition coefficient (Wildman–Crippen LogP) is 0.491. The van der Waals surface area contributed by atoms with Crippen molar-refractivity contribution in [2.24, 2.45) is 0 Å².